The number of nitrogens with one attached hydrogen (secondary N) is 1. The van der Waals surface area contributed by atoms with Gasteiger partial charge in [-0.05, 0) is 25.1 Å². The average Bonchev–Trinajstić information content (AvgIpc) is 2.15. The molecule has 0 bridgehead atoms. The molecule has 0 radical (unpaired) electrons. The van der Waals surface area contributed by atoms with Gasteiger partial charge >= 0.3 is 0 Å². The third-order valence-electron chi connectivity index (χ3n) is 1.69. The van der Waals surface area contributed by atoms with Crippen molar-refractivity contribution in [2.24, 2.45) is 0 Å². The van der Waals surface area contributed by atoms with Gasteiger partial charge in [0, 0.05) is 6.54 Å². The zero-order valence-electron chi connectivity index (χ0n) is 7.79. The van der Waals surface area contributed by atoms with Crippen LogP contribution in [0.3, 0.4) is 0 Å². The summed E-state index contributed by atoms with van der Waals surface area (Å²) >= 11 is 5.90. The van der Waals surface area contributed by atoms with Crippen LogP contribution in [-0.4, -0.2) is 17.8 Å². The molecule has 0 heterocycles. The van der Waals surface area contributed by atoms with E-state index in [-0.39, 0.29) is 0 Å². The minimum atomic E-state index is -0.429. The van der Waals surface area contributed by atoms with Crippen LogP contribution in [0.4, 0.5) is 5.69 Å². The SMILES string of the molecule is C[C@@H](O)CNc1ccc(C#N)cc1Cl. The lowest BCUT2D eigenvalue weighted by Crippen LogP contribution is -2.15. The number of nitriles is 1. The van der Waals surface area contributed by atoms with Gasteiger partial charge in [-0.25, -0.2) is 0 Å². The predicted molar refractivity (Wildman–Crippen MR) is 56.3 cm³/mol. The van der Waals surface area contributed by atoms with E-state index in [0.717, 1.165) is 5.69 Å². The summed E-state index contributed by atoms with van der Waals surface area (Å²) in [6, 6.07) is 6.99. The Kier molecular flexibility index (Phi) is 3.75. The molecule has 0 spiro atoms. The van der Waals surface area contributed by atoms with Crippen molar-refractivity contribution in [1.82, 2.24) is 0 Å². The Balaban J connectivity index is 2.75. The fourth-order valence-electron chi connectivity index (χ4n) is 0.986. The van der Waals surface area contributed by atoms with Crippen molar-refractivity contribution in [3.05, 3.63) is 28.8 Å². The lowest BCUT2D eigenvalue weighted by atomic mass is 10.2. The average molecular weight is 211 g/mol. The second-order valence-corrected chi connectivity index (χ2v) is 3.44. The molecule has 0 aliphatic heterocycles. The molecule has 0 saturated heterocycles. The lowest BCUT2D eigenvalue weighted by molar-refractivity contribution is 0.208. The van der Waals surface area contributed by atoms with Gasteiger partial charge in [0.05, 0.1) is 28.4 Å². The molecule has 74 valence electrons. The number of rotatable bonds is 3. The van der Waals surface area contributed by atoms with Crippen LogP contribution >= 0.6 is 11.6 Å². The van der Waals surface area contributed by atoms with Gasteiger partial charge in [0.1, 0.15) is 0 Å². The molecule has 1 rings (SSSR count). The van der Waals surface area contributed by atoms with Crippen LogP contribution in [0.25, 0.3) is 0 Å². The van der Waals surface area contributed by atoms with E-state index in [1.54, 1.807) is 25.1 Å². The van der Waals surface area contributed by atoms with E-state index in [4.69, 9.17) is 22.0 Å². The van der Waals surface area contributed by atoms with Crippen LogP contribution in [-0.2, 0) is 0 Å². The third-order valence-corrected chi connectivity index (χ3v) is 2.00. The van der Waals surface area contributed by atoms with Crippen LogP contribution < -0.4 is 5.32 Å². The van der Waals surface area contributed by atoms with Crippen LogP contribution in [0, 0.1) is 11.3 Å². The normalized spacial score (nSPS) is 11.9. The fourth-order valence-corrected chi connectivity index (χ4v) is 1.23. The summed E-state index contributed by atoms with van der Waals surface area (Å²) in [4.78, 5) is 0. The van der Waals surface area contributed by atoms with Crippen LogP contribution in [0.2, 0.25) is 5.02 Å². The number of hydrogen-bond acceptors (Lipinski definition) is 3. The van der Waals surface area contributed by atoms with Crippen molar-refractivity contribution in [3.63, 3.8) is 0 Å². The summed E-state index contributed by atoms with van der Waals surface area (Å²) < 4.78 is 0. The molecule has 3 nitrogen and oxygen atoms in total. The number of halogens is 1. The maximum atomic E-state index is 9.05. The number of anilines is 1. The fraction of sp³-hybridized carbons (Fsp3) is 0.300. The summed E-state index contributed by atoms with van der Waals surface area (Å²) in [5.41, 5.74) is 1.25. The molecule has 0 unspecified atom stereocenters. The Morgan fingerprint density at radius 2 is 2.36 bits per heavy atom. The Bertz CT molecular complexity index is 358. The van der Waals surface area contributed by atoms with Gasteiger partial charge in [0.15, 0.2) is 0 Å². The monoisotopic (exact) mass is 210 g/mol. The number of hydrogen-bond donors (Lipinski definition) is 2. The molecule has 0 aromatic heterocycles. The van der Waals surface area contributed by atoms with Crippen molar-refractivity contribution >= 4 is 17.3 Å². The number of nitrogens with zero attached hydrogens (tertiary/aromatic N) is 1. The van der Waals surface area contributed by atoms with E-state index in [0.29, 0.717) is 17.1 Å². The molecular formula is C10H11ClN2O. The van der Waals surface area contributed by atoms with Gasteiger partial charge in [-0.1, -0.05) is 11.6 Å². The predicted octanol–water partition coefficient (Wildman–Crippen LogP) is 2.00. The van der Waals surface area contributed by atoms with E-state index in [2.05, 4.69) is 5.32 Å². The summed E-state index contributed by atoms with van der Waals surface area (Å²) in [7, 11) is 0. The quantitative estimate of drug-likeness (QED) is 0.803. The Morgan fingerprint density at radius 1 is 1.64 bits per heavy atom. The van der Waals surface area contributed by atoms with Crippen molar-refractivity contribution in [1.29, 1.82) is 5.26 Å². The molecule has 2 N–H and O–H groups in total. The second-order valence-electron chi connectivity index (χ2n) is 3.04. The number of aliphatic hydroxyl groups is 1. The summed E-state index contributed by atoms with van der Waals surface area (Å²) in [5, 5.41) is 21.1. The molecule has 0 aliphatic carbocycles. The Hall–Kier alpha value is -1.24. The molecule has 1 aromatic carbocycles. The molecule has 0 fully saturated rings. The van der Waals surface area contributed by atoms with Gasteiger partial charge in [-0.2, -0.15) is 5.26 Å². The van der Waals surface area contributed by atoms with Gasteiger partial charge in [0.2, 0.25) is 0 Å². The first-order chi connectivity index (χ1) is 6.63. The zero-order valence-corrected chi connectivity index (χ0v) is 8.54. The molecule has 1 atom stereocenters. The third kappa shape index (κ3) is 2.91. The van der Waals surface area contributed by atoms with Crippen LogP contribution in [0.5, 0.6) is 0 Å². The van der Waals surface area contributed by atoms with Gasteiger partial charge in [-0.3, -0.25) is 0 Å². The summed E-state index contributed by atoms with van der Waals surface area (Å²) in [5.74, 6) is 0. The van der Waals surface area contributed by atoms with E-state index in [1.807, 2.05) is 6.07 Å². The molecule has 0 saturated carbocycles. The van der Waals surface area contributed by atoms with Crippen molar-refractivity contribution in [3.8, 4) is 6.07 Å². The molecule has 4 heteroatoms. The zero-order chi connectivity index (χ0) is 10.6. The first-order valence-corrected chi connectivity index (χ1v) is 4.63. The highest BCUT2D eigenvalue weighted by Gasteiger charge is 2.02. The maximum absolute atomic E-state index is 9.05. The van der Waals surface area contributed by atoms with Crippen LogP contribution in [0.15, 0.2) is 18.2 Å². The maximum Gasteiger partial charge on any atom is 0.0992 e. The smallest absolute Gasteiger partial charge is 0.0992 e. The highest BCUT2D eigenvalue weighted by atomic mass is 35.5. The standard InChI is InChI=1S/C10H11ClN2O/c1-7(14)6-13-10-3-2-8(5-12)4-9(10)11/h2-4,7,13-14H,6H2,1H3/t7-/m1/s1. The lowest BCUT2D eigenvalue weighted by Gasteiger charge is -2.09. The number of aliphatic hydroxyl groups excluding tert-OH is 1. The second kappa shape index (κ2) is 4.85. The van der Waals surface area contributed by atoms with E-state index in [9.17, 15) is 0 Å². The van der Waals surface area contributed by atoms with E-state index >= 15 is 0 Å². The van der Waals surface area contributed by atoms with Gasteiger partial charge in [-0.15, -0.1) is 0 Å². The minimum absolute atomic E-state index is 0.429. The van der Waals surface area contributed by atoms with Crippen LogP contribution in [0.1, 0.15) is 12.5 Å². The molecular weight excluding hydrogens is 200 g/mol. The first-order valence-electron chi connectivity index (χ1n) is 4.25. The summed E-state index contributed by atoms with van der Waals surface area (Å²) in [6.45, 7) is 2.12. The minimum Gasteiger partial charge on any atom is -0.392 e. The largest absolute Gasteiger partial charge is 0.392 e. The van der Waals surface area contributed by atoms with Gasteiger partial charge < -0.3 is 10.4 Å². The topological polar surface area (TPSA) is 56.0 Å². The van der Waals surface area contributed by atoms with Gasteiger partial charge in [0.25, 0.3) is 0 Å². The van der Waals surface area contributed by atoms with Crippen molar-refractivity contribution in [2.45, 2.75) is 13.0 Å². The highest BCUT2D eigenvalue weighted by Crippen LogP contribution is 2.22. The first kappa shape index (κ1) is 10.8. The van der Waals surface area contributed by atoms with Crippen molar-refractivity contribution in [2.75, 3.05) is 11.9 Å². The van der Waals surface area contributed by atoms with E-state index < -0.39 is 6.10 Å². The van der Waals surface area contributed by atoms with E-state index in [1.165, 1.54) is 0 Å². The molecule has 1 aromatic rings. The number of benzene rings is 1. The van der Waals surface area contributed by atoms with Crippen molar-refractivity contribution < 1.29 is 5.11 Å². The Morgan fingerprint density at radius 3 is 2.86 bits per heavy atom. The summed E-state index contributed by atoms with van der Waals surface area (Å²) in [6.07, 6.45) is -0.429. The molecule has 0 amide bonds. The molecule has 0 aliphatic rings. The molecule has 14 heavy (non-hydrogen) atoms. The highest BCUT2D eigenvalue weighted by molar-refractivity contribution is 6.33. The Labute approximate surface area is 87.9 Å².